The van der Waals surface area contributed by atoms with E-state index in [1.54, 1.807) is 6.20 Å². The molecule has 7 heteroatoms. The van der Waals surface area contributed by atoms with Gasteiger partial charge in [-0.15, -0.1) is 0 Å². The summed E-state index contributed by atoms with van der Waals surface area (Å²) in [6.45, 7) is 7.89. The first-order chi connectivity index (χ1) is 14.8. The van der Waals surface area contributed by atoms with Crippen LogP contribution in [0.2, 0.25) is 0 Å². The van der Waals surface area contributed by atoms with E-state index in [2.05, 4.69) is 4.98 Å². The standard InChI is InChI=1S/C22H21F3NOPS.C2H6/c1-3-28(27,4-2)18-11-7-16(8-12-18)20-6-5-15-26-21(20)29-19-13-9-17(10-14-19)22(23,24)25;1-2/h5-15H,3-4H2,1-2H3;1-2H3. The molecular formula is C24H27F3NOPS. The molecule has 166 valence electrons. The van der Waals surface area contributed by atoms with Crippen LogP contribution in [0.1, 0.15) is 33.3 Å². The molecule has 2 nitrogen and oxygen atoms in total. The molecule has 0 saturated carbocycles. The van der Waals surface area contributed by atoms with Crippen LogP contribution in [0.25, 0.3) is 11.1 Å². The molecule has 2 aromatic carbocycles. The highest BCUT2D eigenvalue weighted by Gasteiger charge is 2.30. The molecule has 1 heterocycles. The lowest BCUT2D eigenvalue weighted by atomic mass is 10.1. The second-order valence-electron chi connectivity index (χ2n) is 6.55. The van der Waals surface area contributed by atoms with Gasteiger partial charge in [-0.1, -0.05) is 69.8 Å². The number of hydrogen-bond acceptors (Lipinski definition) is 3. The maximum atomic E-state index is 12.9. The summed E-state index contributed by atoms with van der Waals surface area (Å²) in [5.74, 6) is 0. The first-order valence-corrected chi connectivity index (χ1v) is 13.2. The molecule has 0 bridgehead atoms. The summed E-state index contributed by atoms with van der Waals surface area (Å²) in [6, 6.07) is 16.5. The van der Waals surface area contributed by atoms with Crippen LogP contribution in [-0.2, 0) is 10.7 Å². The van der Waals surface area contributed by atoms with Crippen molar-refractivity contribution in [2.45, 2.75) is 43.8 Å². The number of alkyl halides is 3. The molecule has 1 aromatic heterocycles. The van der Waals surface area contributed by atoms with Gasteiger partial charge in [0.2, 0.25) is 0 Å². The van der Waals surface area contributed by atoms with Gasteiger partial charge in [0.05, 0.1) is 5.56 Å². The first kappa shape index (κ1) is 25.2. The second-order valence-corrected chi connectivity index (χ2v) is 11.2. The van der Waals surface area contributed by atoms with Crippen LogP contribution in [0.5, 0.6) is 0 Å². The number of halogens is 3. The molecule has 0 saturated heterocycles. The van der Waals surface area contributed by atoms with E-state index in [1.165, 1.54) is 23.9 Å². The van der Waals surface area contributed by atoms with Gasteiger partial charge in [-0.3, -0.25) is 0 Å². The van der Waals surface area contributed by atoms with Gasteiger partial charge in [-0.05, 0) is 35.9 Å². The van der Waals surface area contributed by atoms with Crippen molar-refractivity contribution in [1.82, 2.24) is 4.98 Å². The Morgan fingerprint density at radius 3 is 2.00 bits per heavy atom. The summed E-state index contributed by atoms with van der Waals surface area (Å²) in [7, 11) is -2.34. The van der Waals surface area contributed by atoms with E-state index in [1.807, 2.05) is 64.1 Å². The molecule has 0 radical (unpaired) electrons. The summed E-state index contributed by atoms with van der Waals surface area (Å²) in [5.41, 5.74) is 1.14. The maximum absolute atomic E-state index is 12.9. The lowest BCUT2D eigenvalue weighted by Crippen LogP contribution is -2.08. The van der Waals surface area contributed by atoms with Crippen LogP contribution in [0, 0.1) is 0 Å². The fourth-order valence-corrected chi connectivity index (χ4v) is 5.79. The van der Waals surface area contributed by atoms with E-state index in [9.17, 15) is 17.7 Å². The fourth-order valence-electron chi connectivity index (χ4n) is 3.02. The molecule has 0 amide bonds. The number of rotatable bonds is 6. The molecule has 0 atom stereocenters. The van der Waals surface area contributed by atoms with Gasteiger partial charge in [0.15, 0.2) is 0 Å². The Labute approximate surface area is 186 Å². The first-order valence-electron chi connectivity index (χ1n) is 10.3. The molecular weight excluding hydrogens is 438 g/mol. The molecule has 0 aliphatic heterocycles. The summed E-state index contributed by atoms with van der Waals surface area (Å²) in [4.78, 5) is 5.09. The van der Waals surface area contributed by atoms with Crippen molar-refractivity contribution in [2.75, 3.05) is 12.3 Å². The van der Waals surface area contributed by atoms with Crippen molar-refractivity contribution in [2.24, 2.45) is 0 Å². The van der Waals surface area contributed by atoms with Crippen LogP contribution in [0.15, 0.2) is 76.8 Å². The summed E-state index contributed by atoms with van der Waals surface area (Å²) < 4.78 is 51.2. The van der Waals surface area contributed by atoms with Crippen LogP contribution < -0.4 is 5.30 Å². The quantitative estimate of drug-likeness (QED) is 0.346. The third kappa shape index (κ3) is 6.24. The van der Waals surface area contributed by atoms with Gasteiger partial charge in [0.25, 0.3) is 0 Å². The molecule has 0 aliphatic carbocycles. The van der Waals surface area contributed by atoms with Crippen LogP contribution in [0.3, 0.4) is 0 Å². The van der Waals surface area contributed by atoms with E-state index in [0.29, 0.717) is 22.2 Å². The minimum Gasteiger partial charge on any atom is -0.319 e. The van der Waals surface area contributed by atoms with E-state index >= 15 is 0 Å². The number of benzene rings is 2. The molecule has 0 unspecified atom stereocenters. The molecule has 0 N–H and O–H groups in total. The van der Waals surface area contributed by atoms with Crippen molar-refractivity contribution in [3.8, 4) is 11.1 Å². The summed E-state index contributed by atoms with van der Waals surface area (Å²) in [6.07, 6.45) is -1.43. The van der Waals surface area contributed by atoms with Crippen molar-refractivity contribution >= 4 is 24.2 Å². The van der Waals surface area contributed by atoms with Crippen molar-refractivity contribution in [1.29, 1.82) is 0 Å². The zero-order valence-electron chi connectivity index (χ0n) is 18.1. The van der Waals surface area contributed by atoms with Gasteiger partial charge in [-0.25, -0.2) is 4.98 Å². The minimum atomic E-state index is -4.35. The van der Waals surface area contributed by atoms with Crippen molar-refractivity contribution in [3.05, 3.63) is 72.4 Å². The van der Waals surface area contributed by atoms with Gasteiger partial charge in [-0.2, -0.15) is 13.2 Å². The van der Waals surface area contributed by atoms with E-state index in [0.717, 1.165) is 28.6 Å². The topological polar surface area (TPSA) is 30.0 Å². The molecule has 0 spiro atoms. The van der Waals surface area contributed by atoms with Gasteiger partial charge in [0, 0.05) is 34.3 Å². The lowest BCUT2D eigenvalue weighted by Gasteiger charge is -2.15. The monoisotopic (exact) mass is 465 g/mol. The predicted molar refractivity (Wildman–Crippen MR) is 125 cm³/mol. The zero-order valence-corrected chi connectivity index (χ0v) is 19.8. The molecule has 31 heavy (non-hydrogen) atoms. The predicted octanol–water partition coefficient (Wildman–Crippen LogP) is 7.97. The Hall–Kier alpha value is -2.04. The highest BCUT2D eigenvalue weighted by molar-refractivity contribution is 7.99. The number of aromatic nitrogens is 1. The number of hydrogen-bond donors (Lipinski definition) is 0. The van der Waals surface area contributed by atoms with Crippen LogP contribution in [0.4, 0.5) is 13.2 Å². The molecule has 3 rings (SSSR count). The average molecular weight is 466 g/mol. The third-order valence-electron chi connectivity index (χ3n) is 4.84. The van der Waals surface area contributed by atoms with Gasteiger partial charge < -0.3 is 4.57 Å². The van der Waals surface area contributed by atoms with Crippen LogP contribution in [-0.4, -0.2) is 17.3 Å². The highest BCUT2D eigenvalue weighted by Crippen LogP contribution is 2.44. The Morgan fingerprint density at radius 1 is 0.903 bits per heavy atom. The molecule has 0 aliphatic rings. The Morgan fingerprint density at radius 2 is 1.48 bits per heavy atom. The Balaban J connectivity index is 0.00000166. The normalized spacial score (nSPS) is 11.6. The smallest absolute Gasteiger partial charge is 0.319 e. The average Bonchev–Trinajstić information content (AvgIpc) is 2.80. The third-order valence-corrected chi connectivity index (χ3v) is 9.15. The Bertz CT molecular complexity index is 1010. The zero-order chi connectivity index (χ0) is 23.1. The van der Waals surface area contributed by atoms with Gasteiger partial charge in [0.1, 0.15) is 12.2 Å². The number of nitrogens with zero attached hydrogens (tertiary/aromatic N) is 1. The fraction of sp³-hybridized carbons (Fsp3) is 0.292. The van der Waals surface area contributed by atoms with E-state index in [4.69, 9.17) is 0 Å². The van der Waals surface area contributed by atoms with Gasteiger partial charge >= 0.3 is 6.18 Å². The molecule has 0 fully saturated rings. The second kappa shape index (κ2) is 11.0. The van der Waals surface area contributed by atoms with E-state index < -0.39 is 18.9 Å². The molecule has 3 aromatic rings. The largest absolute Gasteiger partial charge is 0.416 e. The maximum Gasteiger partial charge on any atom is 0.416 e. The summed E-state index contributed by atoms with van der Waals surface area (Å²) >= 11 is 1.31. The number of pyridine rings is 1. The lowest BCUT2D eigenvalue weighted by molar-refractivity contribution is -0.137. The minimum absolute atomic E-state index is 0.630. The van der Waals surface area contributed by atoms with Crippen LogP contribution >= 0.6 is 18.9 Å². The Kier molecular flexibility index (Phi) is 8.96. The van der Waals surface area contributed by atoms with E-state index in [-0.39, 0.29) is 0 Å². The van der Waals surface area contributed by atoms with Crippen molar-refractivity contribution in [3.63, 3.8) is 0 Å². The summed E-state index contributed by atoms with van der Waals surface area (Å²) in [5, 5.41) is 1.57. The van der Waals surface area contributed by atoms with Crippen molar-refractivity contribution < 1.29 is 17.7 Å². The SMILES string of the molecule is CC.CCP(=O)(CC)c1ccc(-c2cccnc2Sc2ccc(C(F)(F)F)cc2)cc1. The highest BCUT2D eigenvalue weighted by atomic mass is 32.2.